The number of nitrogens with zero attached hydrogens (tertiary/aromatic N) is 3. The molecule has 1 aromatic carbocycles. The van der Waals surface area contributed by atoms with E-state index < -0.39 is 18.7 Å². The fourth-order valence-electron chi connectivity index (χ4n) is 1.78. The molecule has 0 amide bonds. The Hall–Kier alpha value is -2.53. The topological polar surface area (TPSA) is 71.1 Å². The Morgan fingerprint density at radius 2 is 2.10 bits per heavy atom. The smallest absolute Gasteiger partial charge is 0.405 e. The van der Waals surface area contributed by atoms with Gasteiger partial charge >= 0.3 is 6.36 Å². The molecule has 5 nitrogen and oxygen atoms in total. The first-order chi connectivity index (χ1) is 9.93. The average Bonchev–Trinajstić information content (AvgIpc) is 2.86. The third-order valence-electron chi connectivity index (χ3n) is 2.66. The highest BCUT2D eigenvalue weighted by atomic mass is 19.4. The summed E-state index contributed by atoms with van der Waals surface area (Å²) in [6.07, 6.45) is -1.74. The number of aliphatic hydroxyl groups excluding tert-OH is 1. The first-order valence-corrected chi connectivity index (χ1v) is 5.82. The van der Waals surface area contributed by atoms with E-state index in [0.717, 1.165) is 6.07 Å². The van der Waals surface area contributed by atoms with Crippen LogP contribution in [0.15, 0.2) is 30.6 Å². The lowest BCUT2D eigenvalue weighted by Crippen LogP contribution is -2.18. The molecule has 0 radical (unpaired) electrons. The molecule has 2 aromatic rings. The third kappa shape index (κ3) is 3.73. The van der Waals surface area contributed by atoms with Crippen molar-refractivity contribution in [1.82, 2.24) is 9.78 Å². The summed E-state index contributed by atoms with van der Waals surface area (Å²) in [5.41, 5.74) is 1.20. The summed E-state index contributed by atoms with van der Waals surface area (Å²) in [5.74, 6) is -0.446. The number of aromatic nitrogens is 2. The van der Waals surface area contributed by atoms with Gasteiger partial charge in [0.25, 0.3) is 0 Å². The Morgan fingerprint density at radius 1 is 1.33 bits per heavy atom. The maximum atomic E-state index is 12.2. The van der Waals surface area contributed by atoms with Crippen LogP contribution >= 0.6 is 0 Å². The Kier molecular flexibility index (Phi) is 4.14. The number of aliphatic hydroxyl groups is 1. The SMILES string of the molecule is N#CCn1cc(-c2ccc(OC(F)(F)F)c(CO)c2)cn1. The summed E-state index contributed by atoms with van der Waals surface area (Å²) < 4.78 is 41.9. The quantitative estimate of drug-likeness (QED) is 0.941. The van der Waals surface area contributed by atoms with E-state index in [1.807, 2.05) is 6.07 Å². The third-order valence-corrected chi connectivity index (χ3v) is 2.66. The molecule has 21 heavy (non-hydrogen) atoms. The van der Waals surface area contributed by atoms with Crippen molar-refractivity contribution in [2.45, 2.75) is 19.5 Å². The maximum absolute atomic E-state index is 12.2. The minimum atomic E-state index is -4.82. The number of nitriles is 1. The fraction of sp³-hybridized carbons (Fsp3) is 0.231. The number of hydrogen-bond acceptors (Lipinski definition) is 4. The molecular formula is C13H10F3N3O2. The maximum Gasteiger partial charge on any atom is 0.573 e. The van der Waals surface area contributed by atoms with Crippen molar-refractivity contribution in [3.8, 4) is 22.9 Å². The number of rotatable bonds is 4. The summed E-state index contributed by atoms with van der Waals surface area (Å²) >= 11 is 0. The number of hydrogen-bond donors (Lipinski definition) is 1. The number of halogens is 3. The van der Waals surface area contributed by atoms with Crippen LogP contribution in [0, 0.1) is 11.3 Å². The van der Waals surface area contributed by atoms with Gasteiger partial charge in [0.2, 0.25) is 0 Å². The molecule has 1 aromatic heterocycles. The van der Waals surface area contributed by atoms with Crippen molar-refractivity contribution in [3.05, 3.63) is 36.2 Å². The molecule has 1 N–H and O–H groups in total. The largest absolute Gasteiger partial charge is 0.573 e. The van der Waals surface area contributed by atoms with E-state index in [0.29, 0.717) is 11.1 Å². The van der Waals surface area contributed by atoms with Gasteiger partial charge < -0.3 is 9.84 Å². The van der Waals surface area contributed by atoms with E-state index in [2.05, 4.69) is 9.84 Å². The van der Waals surface area contributed by atoms with E-state index in [9.17, 15) is 13.2 Å². The lowest BCUT2D eigenvalue weighted by atomic mass is 10.1. The molecule has 0 aliphatic rings. The molecule has 0 unspecified atom stereocenters. The fourth-order valence-corrected chi connectivity index (χ4v) is 1.78. The summed E-state index contributed by atoms with van der Waals surface area (Å²) in [6, 6.07) is 5.86. The van der Waals surface area contributed by atoms with Crippen molar-refractivity contribution in [2.75, 3.05) is 0 Å². The minimum absolute atomic E-state index is 0.0119. The van der Waals surface area contributed by atoms with Crippen LogP contribution in [0.25, 0.3) is 11.1 Å². The highest BCUT2D eigenvalue weighted by molar-refractivity contribution is 5.64. The summed E-state index contributed by atoms with van der Waals surface area (Å²) in [4.78, 5) is 0. The normalized spacial score (nSPS) is 11.2. The Morgan fingerprint density at radius 3 is 2.71 bits per heavy atom. The van der Waals surface area contributed by atoms with Crippen LogP contribution in [0.4, 0.5) is 13.2 Å². The molecule has 0 aliphatic heterocycles. The predicted molar refractivity (Wildman–Crippen MR) is 65.9 cm³/mol. The van der Waals surface area contributed by atoms with Gasteiger partial charge in [-0.25, -0.2) is 0 Å². The second kappa shape index (κ2) is 5.85. The van der Waals surface area contributed by atoms with E-state index >= 15 is 0 Å². The molecule has 0 saturated heterocycles. The van der Waals surface area contributed by atoms with E-state index in [1.54, 1.807) is 6.20 Å². The zero-order valence-electron chi connectivity index (χ0n) is 10.6. The van der Waals surface area contributed by atoms with Gasteiger partial charge in [-0.05, 0) is 17.7 Å². The van der Waals surface area contributed by atoms with Gasteiger partial charge in [-0.1, -0.05) is 6.07 Å². The molecule has 8 heteroatoms. The van der Waals surface area contributed by atoms with Crippen LogP contribution in [0.5, 0.6) is 5.75 Å². The van der Waals surface area contributed by atoms with Crippen LogP contribution < -0.4 is 4.74 Å². The van der Waals surface area contributed by atoms with Gasteiger partial charge in [-0.2, -0.15) is 10.4 Å². The second-order valence-electron chi connectivity index (χ2n) is 4.11. The van der Waals surface area contributed by atoms with Gasteiger partial charge in [0.1, 0.15) is 12.3 Å². The Bertz CT molecular complexity index is 674. The second-order valence-corrected chi connectivity index (χ2v) is 4.11. The number of alkyl halides is 3. The summed E-state index contributed by atoms with van der Waals surface area (Å²) in [5, 5.41) is 21.7. The van der Waals surface area contributed by atoms with Gasteiger partial charge in [0, 0.05) is 17.3 Å². The first kappa shape index (κ1) is 14.9. The Balaban J connectivity index is 2.32. The van der Waals surface area contributed by atoms with Crippen molar-refractivity contribution < 1.29 is 23.0 Å². The summed E-state index contributed by atoms with van der Waals surface area (Å²) in [6.45, 7) is -0.520. The molecule has 0 fully saturated rings. The minimum Gasteiger partial charge on any atom is -0.405 e. The van der Waals surface area contributed by atoms with Gasteiger partial charge in [0.05, 0.1) is 18.9 Å². The molecule has 110 valence electrons. The van der Waals surface area contributed by atoms with Crippen LogP contribution in [-0.4, -0.2) is 21.2 Å². The van der Waals surface area contributed by atoms with Crippen LogP contribution in [0.1, 0.15) is 5.56 Å². The van der Waals surface area contributed by atoms with Crippen LogP contribution in [0.2, 0.25) is 0 Å². The molecule has 0 saturated carbocycles. The van der Waals surface area contributed by atoms with Crippen molar-refractivity contribution in [2.24, 2.45) is 0 Å². The number of benzene rings is 1. The van der Waals surface area contributed by atoms with Crippen molar-refractivity contribution >= 4 is 0 Å². The van der Waals surface area contributed by atoms with E-state index in [4.69, 9.17) is 10.4 Å². The van der Waals surface area contributed by atoms with Crippen molar-refractivity contribution in [3.63, 3.8) is 0 Å². The van der Waals surface area contributed by atoms with E-state index in [1.165, 1.54) is 23.0 Å². The average molecular weight is 297 g/mol. The monoisotopic (exact) mass is 297 g/mol. The molecular weight excluding hydrogens is 287 g/mol. The zero-order chi connectivity index (χ0) is 15.5. The number of ether oxygens (including phenoxy) is 1. The molecule has 0 aliphatic carbocycles. The van der Waals surface area contributed by atoms with Crippen LogP contribution in [-0.2, 0) is 13.2 Å². The van der Waals surface area contributed by atoms with Gasteiger partial charge in [0.15, 0.2) is 0 Å². The van der Waals surface area contributed by atoms with Gasteiger partial charge in [-0.3, -0.25) is 4.68 Å². The predicted octanol–water partition coefficient (Wildman–Crippen LogP) is 2.46. The lowest BCUT2D eigenvalue weighted by molar-refractivity contribution is -0.275. The zero-order valence-corrected chi connectivity index (χ0v) is 10.6. The lowest BCUT2D eigenvalue weighted by Gasteiger charge is -2.13. The molecule has 0 bridgehead atoms. The van der Waals surface area contributed by atoms with Gasteiger partial charge in [-0.15, -0.1) is 13.2 Å². The van der Waals surface area contributed by atoms with Crippen molar-refractivity contribution in [1.29, 1.82) is 5.26 Å². The van der Waals surface area contributed by atoms with Crippen LogP contribution in [0.3, 0.4) is 0 Å². The van der Waals surface area contributed by atoms with E-state index in [-0.39, 0.29) is 12.1 Å². The highest BCUT2D eigenvalue weighted by Crippen LogP contribution is 2.30. The molecule has 0 atom stereocenters. The standard InChI is InChI=1S/C13H10F3N3O2/c14-13(15,16)21-12-2-1-9(5-10(12)8-20)11-6-18-19(7-11)4-3-17/h1-2,5-7,20H,4,8H2. The first-order valence-electron chi connectivity index (χ1n) is 5.82. The molecule has 1 heterocycles. The summed E-state index contributed by atoms with van der Waals surface area (Å²) in [7, 11) is 0. The highest BCUT2D eigenvalue weighted by Gasteiger charge is 2.32. The molecule has 0 spiro atoms. The molecule has 2 rings (SSSR count). The Labute approximate surface area is 117 Å².